The van der Waals surface area contributed by atoms with Crippen LogP contribution in [0, 0.1) is 5.92 Å². The largest absolute Gasteiger partial charge is 0.239 e. The van der Waals surface area contributed by atoms with E-state index in [0.717, 1.165) is 12.8 Å². The van der Waals surface area contributed by atoms with Crippen molar-refractivity contribution in [3.63, 3.8) is 0 Å². The highest BCUT2D eigenvalue weighted by Gasteiger charge is 2.33. The Hall–Kier alpha value is -0.330. The summed E-state index contributed by atoms with van der Waals surface area (Å²) in [6.45, 7) is 15.6. The van der Waals surface area contributed by atoms with Gasteiger partial charge < -0.3 is 0 Å². The number of halogens is 1. The van der Waals surface area contributed by atoms with Crippen LogP contribution < -0.4 is 0 Å². The van der Waals surface area contributed by atoms with Crippen LogP contribution in [-0.2, 0) is 0 Å². The third-order valence-electron chi connectivity index (χ3n) is 3.02. The monoisotopic (exact) mass is 230 g/mol. The second kappa shape index (κ2) is 9.86. The predicted molar refractivity (Wildman–Crippen MR) is 73.6 cm³/mol. The molecule has 0 fully saturated rings. The first-order chi connectivity index (χ1) is 7.45. The number of hydrogen-bond donors (Lipinski definition) is 0. The summed E-state index contributed by atoms with van der Waals surface area (Å²) < 4.78 is 14.4. The molecule has 0 bridgehead atoms. The summed E-state index contributed by atoms with van der Waals surface area (Å²) in [6.07, 6.45) is 5.18. The van der Waals surface area contributed by atoms with E-state index >= 15 is 0 Å². The molecule has 0 saturated carbocycles. The van der Waals surface area contributed by atoms with Crippen molar-refractivity contribution in [3.05, 3.63) is 12.2 Å². The maximum Gasteiger partial charge on any atom is 0.133 e. The number of hydrogen-bond acceptors (Lipinski definition) is 0. The van der Waals surface area contributed by atoms with Gasteiger partial charge in [0, 0.05) is 0 Å². The van der Waals surface area contributed by atoms with Gasteiger partial charge in [-0.15, -0.1) is 0 Å². The fourth-order valence-electron chi connectivity index (χ4n) is 1.80. The van der Waals surface area contributed by atoms with E-state index in [0.29, 0.717) is 12.0 Å². The summed E-state index contributed by atoms with van der Waals surface area (Å²) in [4.78, 5) is 0. The molecule has 1 heteroatoms. The molecule has 98 valence electrons. The summed E-state index contributed by atoms with van der Waals surface area (Å²) >= 11 is 0. The minimum absolute atomic E-state index is 0.0432. The lowest BCUT2D eigenvalue weighted by Crippen LogP contribution is -2.30. The van der Waals surface area contributed by atoms with E-state index in [9.17, 15) is 4.39 Å². The van der Waals surface area contributed by atoms with Gasteiger partial charge >= 0.3 is 0 Å². The summed E-state index contributed by atoms with van der Waals surface area (Å²) in [5.41, 5.74) is -0.461. The summed E-state index contributed by atoms with van der Waals surface area (Å²) in [5, 5.41) is 0. The smallest absolute Gasteiger partial charge is 0.133 e. The van der Waals surface area contributed by atoms with Crippen molar-refractivity contribution in [2.24, 2.45) is 5.92 Å². The molecule has 0 spiro atoms. The Morgan fingerprint density at radius 2 is 1.69 bits per heavy atom. The van der Waals surface area contributed by atoms with Crippen LogP contribution >= 0.6 is 0 Å². The van der Waals surface area contributed by atoms with Crippen LogP contribution in [0.2, 0.25) is 0 Å². The van der Waals surface area contributed by atoms with E-state index in [4.69, 9.17) is 0 Å². The van der Waals surface area contributed by atoms with E-state index in [2.05, 4.69) is 13.5 Å². The van der Waals surface area contributed by atoms with Crippen molar-refractivity contribution in [1.82, 2.24) is 0 Å². The maximum absolute atomic E-state index is 14.4. The molecular weight excluding hydrogens is 199 g/mol. The first kappa shape index (κ1) is 18.0. The first-order valence-electron chi connectivity index (χ1n) is 6.80. The molecule has 0 saturated heterocycles. The molecule has 0 aromatic rings. The molecule has 1 unspecified atom stereocenters. The average molecular weight is 230 g/mol. The topological polar surface area (TPSA) is 0 Å². The molecule has 0 aromatic carbocycles. The Labute approximate surface area is 102 Å². The SMILES string of the molecule is C=C(C)C(F)(CCCCCC)C(C)C.CC. The Morgan fingerprint density at radius 3 is 2.00 bits per heavy atom. The lowest BCUT2D eigenvalue weighted by atomic mass is 9.82. The van der Waals surface area contributed by atoms with Crippen molar-refractivity contribution >= 4 is 0 Å². The lowest BCUT2D eigenvalue weighted by molar-refractivity contribution is 0.128. The van der Waals surface area contributed by atoms with Crippen LogP contribution in [0.5, 0.6) is 0 Å². The summed E-state index contributed by atoms with van der Waals surface area (Å²) in [6, 6.07) is 0. The Morgan fingerprint density at radius 1 is 1.19 bits per heavy atom. The third kappa shape index (κ3) is 6.30. The first-order valence-corrected chi connectivity index (χ1v) is 6.80. The molecule has 0 radical (unpaired) electrons. The standard InChI is InChI=1S/C13H25F.C2H6/c1-6-7-8-9-10-13(14,11(2)3)12(4)5;1-2/h12H,2,6-10H2,1,3-5H3;1-2H3. The van der Waals surface area contributed by atoms with Gasteiger partial charge in [-0.1, -0.05) is 60.5 Å². The van der Waals surface area contributed by atoms with E-state index in [1.54, 1.807) is 6.92 Å². The van der Waals surface area contributed by atoms with Crippen LogP contribution in [0.4, 0.5) is 4.39 Å². The molecule has 0 aliphatic carbocycles. The predicted octanol–water partition coefficient (Wildman–Crippen LogP) is 5.92. The maximum atomic E-state index is 14.4. The van der Waals surface area contributed by atoms with Gasteiger partial charge in [-0.25, -0.2) is 4.39 Å². The highest BCUT2D eigenvalue weighted by atomic mass is 19.1. The molecule has 0 aromatic heterocycles. The molecule has 0 heterocycles. The highest BCUT2D eigenvalue weighted by molar-refractivity contribution is 5.11. The molecule has 0 rings (SSSR count). The molecule has 0 N–H and O–H groups in total. The van der Waals surface area contributed by atoms with Crippen molar-refractivity contribution < 1.29 is 4.39 Å². The van der Waals surface area contributed by atoms with Gasteiger partial charge in [-0.2, -0.15) is 0 Å². The van der Waals surface area contributed by atoms with Crippen LogP contribution in [0.1, 0.15) is 73.6 Å². The normalized spacial score (nSPS) is 14.0. The number of allylic oxidation sites excluding steroid dienone is 1. The zero-order valence-corrected chi connectivity index (χ0v) is 12.2. The fraction of sp³-hybridized carbons (Fsp3) is 0.867. The number of rotatable bonds is 7. The van der Waals surface area contributed by atoms with Crippen molar-refractivity contribution in [3.8, 4) is 0 Å². The van der Waals surface area contributed by atoms with Gasteiger partial charge in [0.05, 0.1) is 0 Å². The summed E-state index contributed by atoms with van der Waals surface area (Å²) in [7, 11) is 0. The van der Waals surface area contributed by atoms with Crippen molar-refractivity contribution in [2.45, 2.75) is 79.3 Å². The molecule has 0 aliphatic heterocycles. The third-order valence-corrected chi connectivity index (χ3v) is 3.02. The average Bonchev–Trinajstić information content (AvgIpc) is 2.26. The lowest BCUT2D eigenvalue weighted by Gasteiger charge is -2.30. The zero-order valence-electron chi connectivity index (χ0n) is 12.2. The van der Waals surface area contributed by atoms with E-state index in [1.807, 2.05) is 27.7 Å². The van der Waals surface area contributed by atoms with Gasteiger partial charge in [-0.05, 0) is 31.3 Å². The van der Waals surface area contributed by atoms with Crippen molar-refractivity contribution in [1.29, 1.82) is 0 Å². The van der Waals surface area contributed by atoms with Gasteiger partial charge in [-0.3, -0.25) is 0 Å². The Kier molecular flexibility index (Phi) is 11.1. The summed E-state index contributed by atoms with van der Waals surface area (Å²) in [5.74, 6) is 0.0432. The van der Waals surface area contributed by atoms with Crippen LogP contribution in [0.15, 0.2) is 12.2 Å². The Balaban J connectivity index is 0. The van der Waals surface area contributed by atoms with Crippen molar-refractivity contribution in [2.75, 3.05) is 0 Å². The Bertz CT molecular complexity index is 172. The fourth-order valence-corrected chi connectivity index (χ4v) is 1.80. The molecule has 1 atom stereocenters. The number of alkyl halides is 1. The van der Waals surface area contributed by atoms with Gasteiger partial charge in [0.25, 0.3) is 0 Å². The van der Waals surface area contributed by atoms with Crippen LogP contribution in [-0.4, -0.2) is 5.67 Å². The minimum atomic E-state index is -1.15. The van der Waals surface area contributed by atoms with Gasteiger partial charge in [0.1, 0.15) is 5.67 Å². The molecule has 0 aliphatic rings. The van der Waals surface area contributed by atoms with E-state index < -0.39 is 5.67 Å². The molecular formula is C15H31F. The highest BCUT2D eigenvalue weighted by Crippen LogP contribution is 2.34. The van der Waals surface area contributed by atoms with Crippen LogP contribution in [0.3, 0.4) is 0 Å². The molecule has 16 heavy (non-hydrogen) atoms. The quantitative estimate of drug-likeness (QED) is 0.376. The van der Waals surface area contributed by atoms with E-state index in [1.165, 1.54) is 12.8 Å². The van der Waals surface area contributed by atoms with Crippen LogP contribution in [0.25, 0.3) is 0 Å². The van der Waals surface area contributed by atoms with E-state index in [-0.39, 0.29) is 5.92 Å². The molecule has 0 nitrogen and oxygen atoms in total. The van der Waals surface area contributed by atoms with Gasteiger partial charge in [0.2, 0.25) is 0 Å². The number of unbranched alkanes of at least 4 members (excludes halogenated alkanes) is 3. The second-order valence-corrected chi connectivity index (χ2v) is 4.61. The second-order valence-electron chi connectivity index (χ2n) is 4.61. The molecule has 0 amide bonds. The minimum Gasteiger partial charge on any atom is -0.239 e. The van der Waals surface area contributed by atoms with Gasteiger partial charge in [0.15, 0.2) is 0 Å². The zero-order chi connectivity index (χ0) is 13.2.